The zero-order valence-corrected chi connectivity index (χ0v) is 11.0. The Balaban J connectivity index is 1.55. The Kier molecular flexibility index (Phi) is 3.57. The summed E-state index contributed by atoms with van der Waals surface area (Å²) in [6, 6.07) is 0. The zero-order chi connectivity index (χ0) is 12.5. The number of nitrogens with zero attached hydrogens (tertiary/aromatic N) is 1. The third-order valence-electron chi connectivity index (χ3n) is 4.31. The SMILES string of the molecule is NC[C@H]1CC[C@@H](C(=O)N(CC2CC2)CC2CC2)O1. The van der Waals surface area contributed by atoms with Gasteiger partial charge in [0, 0.05) is 19.6 Å². The maximum atomic E-state index is 12.5. The third kappa shape index (κ3) is 3.04. The summed E-state index contributed by atoms with van der Waals surface area (Å²) in [5, 5.41) is 0. The van der Waals surface area contributed by atoms with Gasteiger partial charge in [0.15, 0.2) is 0 Å². The summed E-state index contributed by atoms with van der Waals surface area (Å²) in [4.78, 5) is 14.6. The average molecular weight is 252 g/mol. The molecule has 2 atom stereocenters. The molecule has 3 aliphatic rings. The minimum atomic E-state index is -0.212. The van der Waals surface area contributed by atoms with Gasteiger partial charge in [0.05, 0.1) is 6.10 Å². The quantitative estimate of drug-likeness (QED) is 0.771. The third-order valence-corrected chi connectivity index (χ3v) is 4.31. The summed E-state index contributed by atoms with van der Waals surface area (Å²) in [6.45, 7) is 2.46. The highest BCUT2D eigenvalue weighted by Gasteiger charge is 2.37. The summed E-state index contributed by atoms with van der Waals surface area (Å²) >= 11 is 0. The van der Waals surface area contributed by atoms with Crippen molar-refractivity contribution in [3.05, 3.63) is 0 Å². The van der Waals surface area contributed by atoms with Gasteiger partial charge in [-0.2, -0.15) is 0 Å². The molecule has 0 radical (unpaired) electrons. The van der Waals surface area contributed by atoms with Crippen molar-refractivity contribution in [1.82, 2.24) is 4.90 Å². The minimum absolute atomic E-state index is 0.0997. The van der Waals surface area contributed by atoms with Crippen LogP contribution in [0.25, 0.3) is 0 Å². The number of nitrogens with two attached hydrogens (primary N) is 1. The number of rotatable bonds is 6. The van der Waals surface area contributed by atoms with E-state index in [1.807, 2.05) is 0 Å². The maximum Gasteiger partial charge on any atom is 0.251 e. The van der Waals surface area contributed by atoms with Gasteiger partial charge in [-0.05, 0) is 50.4 Å². The molecule has 4 heteroatoms. The van der Waals surface area contributed by atoms with Gasteiger partial charge in [0.25, 0.3) is 5.91 Å². The Labute approximate surface area is 109 Å². The average Bonchev–Trinajstić information content (AvgIpc) is 3.29. The number of carbonyl (C=O) groups is 1. The monoisotopic (exact) mass is 252 g/mol. The van der Waals surface area contributed by atoms with Gasteiger partial charge in [-0.3, -0.25) is 4.79 Å². The van der Waals surface area contributed by atoms with Crippen molar-refractivity contribution in [1.29, 1.82) is 0 Å². The normalized spacial score (nSPS) is 31.6. The lowest BCUT2D eigenvalue weighted by Crippen LogP contribution is -2.42. The van der Waals surface area contributed by atoms with Crippen molar-refractivity contribution in [2.24, 2.45) is 17.6 Å². The van der Waals surface area contributed by atoms with Crippen LogP contribution >= 0.6 is 0 Å². The highest BCUT2D eigenvalue weighted by atomic mass is 16.5. The summed E-state index contributed by atoms with van der Waals surface area (Å²) < 4.78 is 5.74. The predicted octanol–water partition coefficient (Wildman–Crippen LogP) is 1.14. The second-order valence-corrected chi connectivity index (χ2v) is 6.19. The summed E-state index contributed by atoms with van der Waals surface area (Å²) in [5.41, 5.74) is 5.60. The van der Waals surface area contributed by atoms with Gasteiger partial charge >= 0.3 is 0 Å². The maximum absolute atomic E-state index is 12.5. The molecule has 0 aromatic heterocycles. The van der Waals surface area contributed by atoms with Crippen molar-refractivity contribution in [2.45, 2.75) is 50.7 Å². The number of carbonyl (C=O) groups excluding carboxylic acids is 1. The molecule has 2 N–H and O–H groups in total. The Hall–Kier alpha value is -0.610. The van der Waals surface area contributed by atoms with Crippen LogP contribution in [0.1, 0.15) is 38.5 Å². The number of ether oxygens (including phenoxy) is 1. The summed E-state index contributed by atoms with van der Waals surface area (Å²) in [7, 11) is 0. The first kappa shape index (κ1) is 12.4. The molecule has 0 aromatic carbocycles. The van der Waals surface area contributed by atoms with Gasteiger partial charge < -0.3 is 15.4 Å². The molecular weight excluding hydrogens is 228 g/mol. The molecule has 0 unspecified atom stereocenters. The van der Waals surface area contributed by atoms with Crippen LogP contribution in [-0.4, -0.2) is 42.6 Å². The molecule has 2 aliphatic carbocycles. The fourth-order valence-electron chi connectivity index (χ4n) is 2.74. The zero-order valence-electron chi connectivity index (χ0n) is 11.0. The molecule has 4 nitrogen and oxygen atoms in total. The van der Waals surface area contributed by atoms with Crippen molar-refractivity contribution >= 4 is 5.91 Å². The van der Waals surface area contributed by atoms with E-state index in [1.54, 1.807) is 0 Å². The van der Waals surface area contributed by atoms with Gasteiger partial charge in [0.1, 0.15) is 6.10 Å². The number of hydrogen-bond donors (Lipinski definition) is 1. The van der Waals surface area contributed by atoms with Gasteiger partial charge in [-0.25, -0.2) is 0 Å². The molecule has 102 valence electrons. The van der Waals surface area contributed by atoms with E-state index in [1.165, 1.54) is 25.7 Å². The molecular formula is C14H24N2O2. The topological polar surface area (TPSA) is 55.6 Å². The van der Waals surface area contributed by atoms with E-state index >= 15 is 0 Å². The van der Waals surface area contributed by atoms with E-state index in [2.05, 4.69) is 4.90 Å². The van der Waals surface area contributed by atoms with Crippen LogP contribution in [0.3, 0.4) is 0 Å². The highest BCUT2D eigenvalue weighted by molar-refractivity contribution is 5.81. The molecule has 1 aliphatic heterocycles. The smallest absolute Gasteiger partial charge is 0.251 e. The molecule has 2 saturated carbocycles. The van der Waals surface area contributed by atoms with Gasteiger partial charge in [-0.15, -0.1) is 0 Å². The van der Waals surface area contributed by atoms with Crippen LogP contribution < -0.4 is 5.73 Å². The molecule has 18 heavy (non-hydrogen) atoms. The minimum Gasteiger partial charge on any atom is -0.364 e. The first-order valence-corrected chi connectivity index (χ1v) is 7.40. The van der Waals surface area contributed by atoms with Crippen molar-refractivity contribution in [3.63, 3.8) is 0 Å². The van der Waals surface area contributed by atoms with Crippen molar-refractivity contribution in [3.8, 4) is 0 Å². The van der Waals surface area contributed by atoms with E-state index in [0.717, 1.165) is 37.8 Å². The lowest BCUT2D eigenvalue weighted by Gasteiger charge is -2.25. The fourth-order valence-corrected chi connectivity index (χ4v) is 2.74. The molecule has 1 heterocycles. The molecule has 3 rings (SSSR count). The van der Waals surface area contributed by atoms with Crippen LogP contribution in [0.4, 0.5) is 0 Å². The van der Waals surface area contributed by atoms with E-state index in [0.29, 0.717) is 6.54 Å². The van der Waals surface area contributed by atoms with Crippen LogP contribution in [0.15, 0.2) is 0 Å². The van der Waals surface area contributed by atoms with Gasteiger partial charge in [0.2, 0.25) is 0 Å². The van der Waals surface area contributed by atoms with Crippen LogP contribution in [0, 0.1) is 11.8 Å². The Morgan fingerprint density at radius 1 is 1.06 bits per heavy atom. The van der Waals surface area contributed by atoms with Crippen molar-refractivity contribution < 1.29 is 9.53 Å². The Morgan fingerprint density at radius 3 is 2.11 bits per heavy atom. The van der Waals surface area contributed by atoms with Gasteiger partial charge in [-0.1, -0.05) is 0 Å². The summed E-state index contributed by atoms with van der Waals surface area (Å²) in [5.74, 6) is 1.75. The van der Waals surface area contributed by atoms with E-state index in [9.17, 15) is 4.79 Å². The van der Waals surface area contributed by atoms with E-state index in [-0.39, 0.29) is 18.1 Å². The van der Waals surface area contributed by atoms with Crippen LogP contribution in [0.2, 0.25) is 0 Å². The lowest BCUT2D eigenvalue weighted by molar-refractivity contribution is -0.143. The van der Waals surface area contributed by atoms with Crippen molar-refractivity contribution in [2.75, 3.05) is 19.6 Å². The number of amides is 1. The molecule has 1 amide bonds. The molecule has 0 aromatic rings. The second-order valence-electron chi connectivity index (χ2n) is 6.19. The van der Waals surface area contributed by atoms with Crippen LogP contribution in [-0.2, 0) is 9.53 Å². The molecule has 0 spiro atoms. The first-order chi connectivity index (χ1) is 8.76. The molecule has 1 saturated heterocycles. The summed E-state index contributed by atoms with van der Waals surface area (Å²) in [6.07, 6.45) is 6.87. The lowest BCUT2D eigenvalue weighted by atomic mass is 10.1. The Morgan fingerprint density at radius 2 is 1.67 bits per heavy atom. The fraction of sp³-hybridized carbons (Fsp3) is 0.929. The Bertz CT molecular complexity index is 299. The van der Waals surface area contributed by atoms with Crippen LogP contribution in [0.5, 0.6) is 0 Å². The molecule has 0 bridgehead atoms. The highest BCUT2D eigenvalue weighted by Crippen LogP contribution is 2.34. The second kappa shape index (κ2) is 5.17. The molecule has 3 fully saturated rings. The number of hydrogen-bond acceptors (Lipinski definition) is 3. The standard InChI is InChI=1S/C14H24N2O2/c15-7-12-5-6-13(18-12)14(17)16(8-10-1-2-10)9-11-3-4-11/h10-13H,1-9,15H2/t12-,13+/m1/s1. The van der Waals surface area contributed by atoms with E-state index in [4.69, 9.17) is 10.5 Å². The predicted molar refractivity (Wildman–Crippen MR) is 69.0 cm³/mol. The van der Waals surface area contributed by atoms with E-state index < -0.39 is 0 Å². The largest absolute Gasteiger partial charge is 0.364 e. The first-order valence-electron chi connectivity index (χ1n) is 7.40.